The van der Waals surface area contributed by atoms with Gasteiger partial charge in [0.15, 0.2) is 0 Å². The van der Waals surface area contributed by atoms with E-state index in [-0.39, 0.29) is 58.9 Å². The van der Waals surface area contributed by atoms with Gasteiger partial charge >= 0.3 is 5.97 Å². The van der Waals surface area contributed by atoms with E-state index >= 15 is 0 Å². The van der Waals surface area contributed by atoms with Gasteiger partial charge in [-0.15, -0.1) is 6.54 Å². The molecule has 0 aliphatic rings. The van der Waals surface area contributed by atoms with Gasteiger partial charge in [0.25, 0.3) is 0 Å². The second-order valence-corrected chi connectivity index (χ2v) is 3.57. The molecule has 0 saturated heterocycles. The number of nitrogens with one attached hydrogen (secondary N) is 1. The Kier molecular flexibility index (Phi) is 27.5. The van der Waals surface area contributed by atoms with Crippen molar-refractivity contribution in [2.75, 3.05) is 39.6 Å². The molecule has 0 rings (SSSR count). The van der Waals surface area contributed by atoms with Crippen molar-refractivity contribution in [1.82, 2.24) is 0 Å². The van der Waals surface area contributed by atoms with Gasteiger partial charge in [-0.2, -0.15) is 0 Å². The Morgan fingerprint density at radius 2 is 1.73 bits per heavy atom. The quantitative estimate of drug-likeness (QED) is 0.229. The van der Waals surface area contributed by atoms with Crippen LogP contribution in [0.5, 0.6) is 0 Å². The zero-order valence-electron chi connectivity index (χ0n) is 12.7. The fraction of sp³-hybridized carbons (Fsp3) is 0.500. The molecule has 3 N–H and O–H groups in total. The molecule has 0 spiro atoms. The van der Waals surface area contributed by atoms with Gasteiger partial charge in [0.1, 0.15) is 6.61 Å². The third-order valence-electron chi connectivity index (χ3n) is 1.90. The second kappa shape index (κ2) is 22.9. The third kappa shape index (κ3) is 24.6. The first-order chi connectivity index (χ1) is 10.1. The summed E-state index contributed by atoms with van der Waals surface area (Å²) in [6, 6.07) is 0. The number of hydrogen-bond donors (Lipinski definition) is 2. The summed E-state index contributed by atoms with van der Waals surface area (Å²) in [5.41, 5.74) is 7.53. The van der Waals surface area contributed by atoms with E-state index in [0.717, 1.165) is 5.57 Å². The van der Waals surface area contributed by atoms with E-state index in [2.05, 4.69) is 18.0 Å². The number of ether oxygens (including phenoxy) is 2. The minimum Gasteiger partial charge on any atom is -0.676 e. The van der Waals surface area contributed by atoms with Gasteiger partial charge in [0.2, 0.25) is 0 Å². The van der Waals surface area contributed by atoms with Crippen LogP contribution in [-0.4, -0.2) is 55.9 Å². The molecule has 0 unspecified atom stereocenters. The number of carboxylic acid groups (broad SMARTS) is 1. The number of aliphatic carboxylic acids is 1. The van der Waals surface area contributed by atoms with E-state index in [9.17, 15) is 4.79 Å². The van der Waals surface area contributed by atoms with Gasteiger partial charge in [-0.05, 0) is 5.57 Å². The van der Waals surface area contributed by atoms with Gasteiger partial charge in [0.05, 0.1) is 26.2 Å². The molecule has 8 heteroatoms. The van der Waals surface area contributed by atoms with Crippen LogP contribution >= 0.6 is 0 Å². The third-order valence-corrected chi connectivity index (χ3v) is 1.90. The number of hydrogen-bond acceptors (Lipinski definition) is 5. The summed E-state index contributed by atoms with van der Waals surface area (Å²) in [7, 11) is 0. The van der Waals surface area contributed by atoms with E-state index in [0.29, 0.717) is 19.8 Å². The van der Waals surface area contributed by atoms with Crippen molar-refractivity contribution in [2.45, 2.75) is 6.42 Å². The van der Waals surface area contributed by atoms with Crippen molar-refractivity contribution in [3.8, 4) is 0 Å². The molecular formula is C14H24NO6Y-. The fourth-order valence-electron chi connectivity index (χ4n) is 0.955. The molecule has 7 nitrogen and oxygen atoms in total. The smallest absolute Gasteiger partial charge is 0.305 e. The molecule has 0 aromatic rings. The molecule has 0 aromatic carbocycles. The molecule has 0 aliphatic carbocycles. The van der Waals surface area contributed by atoms with Crippen molar-refractivity contribution < 1.29 is 62.2 Å². The van der Waals surface area contributed by atoms with Gasteiger partial charge in [-0.1, -0.05) is 31.4 Å². The Balaban J connectivity index is -0.000000326. The first kappa shape index (κ1) is 26.5. The normalized spacial score (nSPS) is 10.0. The predicted octanol–water partition coefficient (Wildman–Crippen LogP) is 2.32. The molecule has 1 radical (unpaired) electrons. The van der Waals surface area contributed by atoms with Crippen molar-refractivity contribution in [3.63, 3.8) is 0 Å². The summed E-state index contributed by atoms with van der Waals surface area (Å²) in [5, 5.41) is 16.2. The predicted molar refractivity (Wildman–Crippen MR) is 80.1 cm³/mol. The number of carbonyl (C=O) groups is 1. The van der Waals surface area contributed by atoms with Crippen molar-refractivity contribution in [1.29, 1.82) is 0 Å². The maximum atomic E-state index is 10.00. The van der Waals surface area contributed by atoms with E-state index in [1.54, 1.807) is 18.2 Å². The molecule has 125 valence electrons. The largest absolute Gasteiger partial charge is 0.676 e. The fourth-order valence-corrected chi connectivity index (χ4v) is 0.955. The van der Waals surface area contributed by atoms with Crippen LogP contribution in [0.2, 0.25) is 0 Å². The Morgan fingerprint density at radius 1 is 1.14 bits per heavy atom. The van der Waals surface area contributed by atoms with Gasteiger partial charge in [0, 0.05) is 39.3 Å². The van der Waals surface area contributed by atoms with Gasteiger partial charge in [-0.3, -0.25) is 10.1 Å². The van der Waals surface area contributed by atoms with Gasteiger partial charge in [-0.25, -0.2) is 4.89 Å². The number of carboxylic acids is 1. The summed E-state index contributed by atoms with van der Waals surface area (Å²) >= 11 is 0. The SMILES string of the molecule is C=C/C=C(\C=C)COO.[NH-]CCOCCOCCC(=O)O.[Y]. The summed E-state index contributed by atoms with van der Waals surface area (Å²) in [4.78, 5) is 13.9. The van der Waals surface area contributed by atoms with Crippen molar-refractivity contribution in [3.05, 3.63) is 42.7 Å². The number of rotatable bonds is 12. The summed E-state index contributed by atoms with van der Waals surface area (Å²) in [5.74, 6) is -0.859. The van der Waals surface area contributed by atoms with Crippen molar-refractivity contribution >= 4 is 5.97 Å². The van der Waals surface area contributed by atoms with Crippen LogP contribution in [0.4, 0.5) is 0 Å². The average Bonchev–Trinajstić information content (AvgIpc) is 2.46. The van der Waals surface area contributed by atoms with E-state index in [1.165, 1.54) is 0 Å². The van der Waals surface area contributed by atoms with Gasteiger partial charge < -0.3 is 20.3 Å². The van der Waals surface area contributed by atoms with E-state index in [1.807, 2.05) is 0 Å². The summed E-state index contributed by atoms with van der Waals surface area (Å²) < 4.78 is 9.85. The summed E-state index contributed by atoms with van der Waals surface area (Å²) in [6.07, 6.45) is 4.94. The maximum Gasteiger partial charge on any atom is 0.305 e. The molecule has 0 heterocycles. The minimum absolute atomic E-state index is 0. The molecule has 0 bridgehead atoms. The number of allylic oxidation sites excluding steroid dienone is 2. The Bertz CT molecular complexity index is 310. The van der Waals surface area contributed by atoms with Crippen LogP contribution in [0.15, 0.2) is 37.0 Å². The Morgan fingerprint density at radius 3 is 2.14 bits per heavy atom. The van der Waals surface area contributed by atoms with Crippen LogP contribution < -0.4 is 0 Å². The standard InChI is InChI=1S/C7H14NO4.C7H10O2.Y/c8-2-4-12-6-5-11-3-1-7(9)10;1-3-5-7(4-2)6-9-8;/h8H,1-6H2,(H,9,10);3-5,8H,1-2,6H2;/q-1;;/b;7-5+;. The topological polar surface area (TPSA) is 109 Å². The van der Waals surface area contributed by atoms with E-state index in [4.69, 9.17) is 25.6 Å². The zero-order valence-corrected chi connectivity index (χ0v) is 15.5. The van der Waals surface area contributed by atoms with Crippen LogP contribution in [0.25, 0.3) is 5.73 Å². The Labute approximate surface area is 156 Å². The molecule has 0 fully saturated rings. The maximum absolute atomic E-state index is 10.00. The molecule has 0 saturated carbocycles. The van der Waals surface area contributed by atoms with Crippen LogP contribution in [-0.2, 0) is 51.9 Å². The molecular weight excluding hydrogens is 367 g/mol. The first-order valence-corrected chi connectivity index (χ1v) is 6.34. The monoisotopic (exact) mass is 391 g/mol. The molecule has 0 aromatic heterocycles. The first-order valence-electron chi connectivity index (χ1n) is 6.34. The van der Waals surface area contributed by atoms with E-state index < -0.39 is 5.97 Å². The Hall–Kier alpha value is -0.406. The molecule has 0 amide bonds. The molecule has 22 heavy (non-hydrogen) atoms. The average molecular weight is 391 g/mol. The zero-order chi connectivity index (χ0) is 16.3. The molecule has 0 atom stereocenters. The van der Waals surface area contributed by atoms with Crippen molar-refractivity contribution in [2.24, 2.45) is 0 Å². The summed E-state index contributed by atoms with van der Waals surface area (Å²) in [6.45, 7) is 8.82. The van der Waals surface area contributed by atoms with Crippen LogP contribution in [0, 0.1) is 0 Å². The second-order valence-electron chi connectivity index (χ2n) is 3.57. The van der Waals surface area contributed by atoms with Crippen LogP contribution in [0.1, 0.15) is 6.42 Å². The van der Waals surface area contributed by atoms with Crippen LogP contribution in [0.3, 0.4) is 0 Å². The molecule has 0 aliphatic heterocycles. The minimum atomic E-state index is -0.859.